The zero-order valence-corrected chi connectivity index (χ0v) is 21.3. The molecule has 1 aliphatic heterocycles. The molecule has 27 heavy (non-hydrogen) atoms. The summed E-state index contributed by atoms with van der Waals surface area (Å²) in [7, 11) is 7.13. The van der Waals surface area contributed by atoms with Gasteiger partial charge in [0.25, 0.3) is 0 Å². The Labute approximate surface area is 176 Å². The van der Waals surface area contributed by atoms with Crippen LogP contribution in [-0.2, 0) is 0 Å². The van der Waals surface area contributed by atoms with E-state index in [0.29, 0.717) is 0 Å². The normalized spacial score (nSPS) is 30.8. The van der Waals surface area contributed by atoms with E-state index in [2.05, 4.69) is 143 Å². The predicted molar refractivity (Wildman–Crippen MR) is 136 cm³/mol. The number of hydrogen-bond acceptors (Lipinski definition) is 3. The molecule has 0 amide bonds. The highest BCUT2D eigenvalue weighted by Crippen LogP contribution is 2.56. The molecule has 0 aromatic heterocycles. The van der Waals surface area contributed by atoms with E-state index in [1.165, 1.54) is 0 Å². The van der Waals surface area contributed by atoms with E-state index in [4.69, 9.17) is 0 Å². The van der Waals surface area contributed by atoms with Crippen LogP contribution in [0.1, 0.15) is 0 Å². The van der Waals surface area contributed by atoms with E-state index in [1.807, 2.05) is 0 Å². The molecule has 3 aromatic rings. The quantitative estimate of drug-likeness (QED) is 0.501. The third kappa shape index (κ3) is 3.93. The minimum absolute atomic E-state index is 1.59. The summed E-state index contributed by atoms with van der Waals surface area (Å²) in [6.07, 6.45) is -5.14. The van der Waals surface area contributed by atoms with E-state index in [-0.39, 0.29) is 0 Å². The van der Waals surface area contributed by atoms with Gasteiger partial charge in [-0.25, -0.2) is 0 Å². The molecular formula is C21H24S3Si3. The van der Waals surface area contributed by atoms with E-state index in [0.717, 1.165) is 0 Å². The average Bonchev–Trinajstić information content (AvgIpc) is 2.69. The Kier molecular flexibility index (Phi) is 5.57. The van der Waals surface area contributed by atoms with Crippen molar-refractivity contribution in [1.29, 1.82) is 0 Å². The van der Waals surface area contributed by atoms with Crippen LogP contribution in [0.15, 0.2) is 91.0 Å². The fourth-order valence-electron chi connectivity index (χ4n) is 3.75. The van der Waals surface area contributed by atoms with Crippen LogP contribution in [0.25, 0.3) is 0 Å². The molecule has 6 heteroatoms. The Morgan fingerprint density at radius 2 is 0.630 bits per heavy atom. The third-order valence-electron chi connectivity index (χ3n) is 5.06. The second-order valence-corrected chi connectivity index (χ2v) is 39.6. The first-order valence-electron chi connectivity index (χ1n) is 9.21. The number of rotatable bonds is 3. The Morgan fingerprint density at radius 1 is 0.407 bits per heavy atom. The predicted octanol–water partition coefficient (Wildman–Crippen LogP) is 5.14. The third-order valence-corrected chi connectivity index (χ3v) is 57.3. The van der Waals surface area contributed by atoms with Gasteiger partial charge in [-0.3, -0.25) is 0 Å². The second kappa shape index (κ2) is 7.65. The molecule has 0 N–H and O–H groups in total. The highest BCUT2D eigenvalue weighted by molar-refractivity contribution is 8.99. The summed E-state index contributed by atoms with van der Waals surface area (Å²) in [5.74, 6) is 0. The average molecular weight is 457 g/mol. The van der Waals surface area contributed by atoms with Crippen molar-refractivity contribution in [2.45, 2.75) is 19.6 Å². The van der Waals surface area contributed by atoms with Crippen molar-refractivity contribution in [3.8, 4) is 0 Å². The maximum absolute atomic E-state index is 2.60. The molecule has 0 nitrogen and oxygen atoms in total. The van der Waals surface area contributed by atoms with Crippen LogP contribution in [0.4, 0.5) is 0 Å². The van der Waals surface area contributed by atoms with Crippen molar-refractivity contribution in [1.82, 2.24) is 0 Å². The summed E-state index contributed by atoms with van der Waals surface area (Å²) in [6.45, 7) is 7.79. The zero-order chi connectivity index (χ0) is 19.0. The first-order chi connectivity index (χ1) is 12.9. The number of benzene rings is 3. The van der Waals surface area contributed by atoms with E-state index in [1.54, 1.807) is 15.6 Å². The van der Waals surface area contributed by atoms with Gasteiger partial charge >= 0.3 is 0 Å². The molecule has 0 atom stereocenters. The number of hydrogen-bond donors (Lipinski definition) is 0. The van der Waals surface area contributed by atoms with E-state index >= 15 is 0 Å². The van der Waals surface area contributed by atoms with Crippen LogP contribution < -0.4 is 15.6 Å². The van der Waals surface area contributed by atoms with Crippen molar-refractivity contribution in [2.75, 3.05) is 0 Å². The molecule has 1 heterocycles. The molecule has 0 bridgehead atoms. The summed E-state index contributed by atoms with van der Waals surface area (Å²) < 4.78 is 0. The lowest BCUT2D eigenvalue weighted by molar-refractivity contribution is 1.75. The lowest BCUT2D eigenvalue weighted by Crippen LogP contribution is -2.61. The summed E-state index contributed by atoms with van der Waals surface area (Å²) in [6, 6.07) is 34.0. The summed E-state index contributed by atoms with van der Waals surface area (Å²) in [5.41, 5.74) is 0. The van der Waals surface area contributed by atoms with Crippen LogP contribution >= 0.6 is 32.0 Å². The van der Waals surface area contributed by atoms with Crippen molar-refractivity contribution in [2.24, 2.45) is 0 Å². The van der Waals surface area contributed by atoms with Crippen molar-refractivity contribution >= 4 is 66.7 Å². The molecule has 138 valence electrons. The molecule has 0 unspecified atom stereocenters. The Bertz CT molecular complexity index is 775. The highest BCUT2D eigenvalue weighted by Gasteiger charge is 2.56. The van der Waals surface area contributed by atoms with Gasteiger partial charge in [0.15, 0.2) is 19.1 Å². The van der Waals surface area contributed by atoms with Crippen LogP contribution in [-0.4, -0.2) is 19.1 Å². The van der Waals surface area contributed by atoms with Gasteiger partial charge in [0.05, 0.1) is 0 Å². The Morgan fingerprint density at radius 3 is 0.852 bits per heavy atom. The van der Waals surface area contributed by atoms with Gasteiger partial charge in [-0.1, -0.05) is 91.0 Å². The fraction of sp³-hybridized carbons (Fsp3) is 0.143. The van der Waals surface area contributed by atoms with Crippen molar-refractivity contribution in [3.05, 3.63) is 91.0 Å². The summed E-state index contributed by atoms with van der Waals surface area (Å²) in [5, 5.41) is 4.76. The first kappa shape index (κ1) is 19.7. The lowest BCUT2D eigenvalue weighted by atomic mass is 10.4. The Balaban J connectivity index is 1.85. The topological polar surface area (TPSA) is 0 Å². The zero-order valence-electron chi connectivity index (χ0n) is 15.9. The van der Waals surface area contributed by atoms with Gasteiger partial charge in [-0.15, -0.1) is 0 Å². The summed E-state index contributed by atoms with van der Waals surface area (Å²) >= 11 is 0. The molecule has 0 radical (unpaired) electrons. The van der Waals surface area contributed by atoms with Crippen molar-refractivity contribution in [3.63, 3.8) is 0 Å². The van der Waals surface area contributed by atoms with Gasteiger partial charge in [-0.05, 0) is 35.2 Å². The van der Waals surface area contributed by atoms with Crippen LogP contribution in [0.3, 0.4) is 0 Å². The molecule has 0 saturated carbocycles. The van der Waals surface area contributed by atoms with Gasteiger partial charge in [0, 0.05) is 0 Å². The Hall–Kier alpha value is -0.639. The van der Waals surface area contributed by atoms with Crippen LogP contribution in [0.2, 0.25) is 19.6 Å². The van der Waals surface area contributed by atoms with E-state index in [9.17, 15) is 0 Å². The minimum Gasteiger partial charge on any atom is -0.175 e. The molecular weight excluding hydrogens is 433 g/mol. The molecule has 4 rings (SSSR count). The van der Waals surface area contributed by atoms with Gasteiger partial charge in [0.1, 0.15) is 0 Å². The smallest absolute Gasteiger partial charge is 0.175 e. The standard InChI is InChI=1S/C21H24S3Si3/c1-25(19-13-7-4-8-14-19)22-26(2,20-15-9-5-10-16-20)24-27(3,23-25)21-17-11-6-12-18-21/h4-18H,1-3H3. The summed E-state index contributed by atoms with van der Waals surface area (Å²) in [4.78, 5) is 0. The molecule has 3 aromatic carbocycles. The molecule has 0 spiro atoms. The van der Waals surface area contributed by atoms with Crippen LogP contribution in [0, 0.1) is 0 Å². The van der Waals surface area contributed by atoms with Gasteiger partial charge in [0.2, 0.25) is 0 Å². The monoisotopic (exact) mass is 456 g/mol. The molecule has 1 saturated heterocycles. The SMILES string of the molecule is C[Si]1(c2ccccc2)S[Si](C)(c2ccccc2)S[Si](C)(c2ccccc2)S1. The maximum atomic E-state index is 2.60. The molecule has 1 fully saturated rings. The van der Waals surface area contributed by atoms with Crippen LogP contribution in [0.5, 0.6) is 0 Å². The van der Waals surface area contributed by atoms with Gasteiger partial charge in [-0.2, -0.15) is 32.0 Å². The van der Waals surface area contributed by atoms with Crippen molar-refractivity contribution < 1.29 is 0 Å². The highest BCUT2D eigenvalue weighted by atomic mass is 32.9. The molecule has 0 aliphatic carbocycles. The first-order valence-corrected chi connectivity index (χ1v) is 23.5. The van der Waals surface area contributed by atoms with E-state index < -0.39 is 19.1 Å². The second-order valence-electron chi connectivity index (χ2n) is 7.24. The largest absolute Gasteiger partial charge is 0.195 e. The molecule has 1 aliphatic rings. The maximum Gasteiger partial charge on any atom is 0.195 e. The van der Waals surface area contributed by atoms with Gasteiger partial charge < -0.3 is 0 Å². The lowest BCUT2D eigenvalue weighted by Gasteiger charge is -2.49. The minimum atomic E-state index is -1.71. The fourth-order valence-corrected chi connectivity index (χ4v) is 93.2.